The first-order chi connectivity index (χ1) is 11.7. The van der Waals surface area contributed by atoms with Crippen LogP contribution in [0.2, 0.25) is 0 Å². The van der Waals surface area contributed by atoms with E-state index in [1.165, 1.54) is 12.5 Å². The molecule has 1 aromatic carbocycles. The Labute approximate surface area is 149 Å². The van der Waals surface area contributed by atoms with Gasteiger partial charge in [0.15, 0.2) is 0 Å². The number of rotatable bonds is 6. The highest BCUT2D eigenvalue weighted by atomic mass is 16.6. The van der Waals surface area contributed by atoms with E-state index in [0.29, 0.717) is 23.9 Å². The van der Waals surface area contributed by atoms with Gasteiger partial charge in [-0.05, 0) is 32.1 Å². The second-order valence-electron chi connectivity index (χ2n) is 8.00. The molecule has 1 fully saturated rings. The minimum atomic E-state index is -0.441. The Morgan fingerprint density at radius 2 is 1.88 bits per heavy atom. The Hall–Kier alpha value is -1.95. The van der Waals surface area contributed by atoms with E-state index < -0.39 is 4.92 Å². The Morgan fingerprint density at radius 3 is 2.48 bits per heavy atom. The summed E-state index contributed by atoms with van der Waals surface area (Å²) in [4.78, 5) is 25.3. The molecule has 1 N–H and O–H groups in total. The van der Waals surface area contributed by atoms with E-state index in [9.17, 15) is 14.9 Å². The van der Waals surface area contributed by atoms with Gasteiger partial charge in [-0.2, -0.15) is 0 Å². The zero-order valence-corrected chi connectivity index (χ0v) is 15.6. The highest BCUT2D eigenvalue weighted by molar-refractivity contribution is 5.79. The third-order valence-corrected chi connectivity index (χ3v) is 4.98. The van der Waals surface area contributed by atoms with Crippen molar-refractivity contribution in [2.75, 3.05) is 19.6 Å². The molecule has 1 amide bonds. The second-order valence-corrected chi connectivity index (χ2v) is 8.00. The van der Waals surface area contributed by atoms with Gasteiger partial charge in [-0.15, -0.1) is 0 Å². The molecule has 0 bridgehead atoms. The molecule has 1 saturated heterocycles. The average molecular weight is 347 g/mol. The van der Waals surface area contributed by atoms with Crippen LogP contribution in [0.3, 0.4) is 0 Å². The van der Waals surface area contributed by atoms with Crippen LogP contribution in [-0.2, 0) is 11.2 Å². The van der Waals surface area contributed by atoms with Gasteiger partial charge >= 0.3 is 0 Å². The van der Waals surface area contributed by atoms with Crippen molar-refractivity contribution in [2.45, 2.75) is 46.1 Å². The van der Waals surface area contributed by atoms with Crippen LogP contribution in [0.25, 0.3) is 0 Å². The van der Waals surface area contributed by atoms with Crippen LogP contribution in [0.5, 0.6) is 0 Å². The molecule has 0 aromatic heterocycles. The van der Waals surface area contributed by atoms with Gasteiger partial charge in [0.1, 0.15) is 0 Å². The lowest BCUT2D eigenvalue weighted by atomic mass is 9.88. The number of carbonyl (C=O) groups is 1. The summed E-state index contributed by atoms with van der Waals surface area (Å²) in [5.41, 5.74) is 0.305. The molecular weight excluding hydrogens is 318 g/mol. The maximum Gasteiger partial charge on any atom is 0.273 e. The van der Waals surface area contributed by atoms with E-state index in [2.05, 4.69) is 37.9 Å². The number of carbonyl (C=O) groups excluding carboxylic acids is 1. The summed E-state index contributed by atoms with van der Waals surface area (Å²) in [5.74, 6) is 1.14. The number of likely N-dealkylation sites (tertiary alicyclic amines) is 1. The van der Waals surface area contributed by atoms with Crippen molar-refractivity contribution in [1.82, 2.24) is 10.2 Å². The summed E-state index contributed by atoms with van der Waals surface area (Å²) in [6.45, 7) is 11.4. The number of nitrogens with one attached hydrogen (secondary N) is 1. The fraction of sp³-hybridized carbons (Fsp3) is 0.632. The fourth-order valence-corrected chi connectivity index (χ4v) is 3.66. The van der Waals surface area contributed by atoms with Crippen molar-refractivity contribution in [2.24, 2.45) is 11.8 Å². The number of nitrogens with zero attached hydrogens (tertiary/aromatic N) is 2. The highest BCUT2D eigenvalue weighted by Gasteiger charge is 2.33. The van der Waals surface area contributed by atoms with E-state index >= 15 is 0 Å². The quantitative estimate of drug-likeness (QED) is 0.634. The Kier molecular flexibility index (Phi) is 6.16. The van der Waals surface area contributed by atoms with Gasteiger partial charge in [-0.1, -0.05) is 32.0 Å². The van der Waals surface area contributed by atoms with E-state index in [1.54, 1.807) is 18.2 Å². The molecule has 25 heavy (non-hydrogen) atoms. The summed E-state index contributed by atoms with van der Waals surface area (Å²) < 4.78 is 0. The summed E-state index contributed by atoms with van der Waals surface area (Å²) >= 11 is 0. The number of hydrogen-bond donors (Lipinski definition) is 1. The van der Waals surface area contributed by atoms with Crippen molar-refractivity contribution < 1.29 is 9.72 Å². The molecule has 138 valence electrons. The summed E-state index contributed by atoms with van der Waals surface area (Å²) in [6.07, 6.45) is 1.27. The number of hydrogen-bond acceptors (Lipinski definition) is 4. The summed E-state index contributed by atoms with van der Waals surface area (Å²) in [7, 11) is 0. The van der Waals surface area contributed by atoms with Crippen molar-refractivity contribution in [3.05, 3.63) is 39.9 Å². The first kappa shape index (κ1) is 19.4. The molecule has 1 aliphatic heterocycles. The molecule has 2 rings (SSSR count). The van der Waals surface area contributed by atoms with Crippen LogP contribution in [0.4, 0.5) is 5.69 Å². The number of para-hydroxylation sites is 1. The lowest BCUT2D eigenvalue weighted by Gasteiger charge is -2.45. The maximum absolute atomic E-state index is 12.3. The van der Waals surface area contributed by atoms with Crippen LogP contribution in [0, 0.1) is 22.0 Å². The molecule has 0 saturated carbocycles. The highest BCUT2D eigenvalue weighted by Crippen LogP contribution is 2.27. The smallest absolute Gasteiger partial charge is 0.273 e. The van der Waals surface area contributed by atoms with Crippen LogP contribution in [0.15, 0.2) is 24.3 Å². The number of piperidine rings is 1. The van der Waals surface area contributed by atoms with Gasteiger partial charge in [0.05, 0.1) is 11.3 Å². The molecule has 6 nitrogen and oxygen atoms in total. The van der Waals surface area contributed by atoms with Crippen molar-refractivity contribution in [3.63, 3.8) is 0 Å². The number of nitro groups is 1. The minimum absolute atomic E-state index is 0.00408. The van der Waals surface area contributed by atoms with Crippen molar-refractivity contribution >= 4 is 11.6 Å². The molecule has 2 atom stereocenters. The molecule has 0 spiro atoms. The monoisotopic (exact) mass is 347 g/mol. The van der Waals surface area contributed by atoms with E-state index in [4.69, 9.17) is 0 Å². The molecule has 1 aliphatic rings. The third kappa shape index (κ3) is 5.26. The first-order valence-electron chi connectivity index (χ1n) is 8.93. The zero-order valence-electron chi connectivity index (χ0n) is 15.6. The Morgan fingerprint density at radius 1 is 1.28 bits per heavy atom. The molecule has 0 radical (unpaired) electrons. The summed E-state index contributed by atoms with van der Waals surface area (Å²) in [6, 6.07) is 6.40. The van der Waals surface area contributed by atoms with Crippen molar-refractivity contribution in [3.8, 4) is 0 Å². The standard InChI is InChI=1S/C19H29N3O3/c1-14-9-15(2)12-21(11-14)19(3,4)13-20-18(23)10-16-7-5-6-8-17(16)22(24)25/h5-8,14-15H,9-13H2,1-4H3,(H,20,23). The Bertz CT molecular complexity index is 620. The third-order valence-electron chi connectivity index (χ3n) is 4.98. The van der Waals surface area contributed by atoms with E-state index in [1.807, 2.05) is 0 Å². The SMILES string of the molecule is CC1CC(C)CN(C(C)(C)CNC(=O)Cc2ccccc2[N+](=O)[O-])C1. The molecule has 0 aliphatic carbocycles. The fourth-order valence-electron chi connectivity index (χ4n) is 3.66. The molecule has 1 heterocycles. The largest absolute Gasteiger partial charge is 0.354 e. The molecule has 1 aromatic rings. The van der Waals surface area contributed by atoms with Gasteiger partial charge < -0.3 is 5.32 Å². The lowest BCUT2D eigenvalue weighted by Crippen LogP contribution is -2.56. The molecular formula is C19H29N3O3. The molecule has 6 heteroatoms. The number of benzene rings is 1. The van der Waals surface area contributed by atoms with Gasteiger partial charge in [0, 0.05) is 36.8 Å². The lowest BCUT2D eigenvalue weighted by molar-refractivity contribution is -0.385. The normalized spacial score (nSPS) is 21.8. The maximum atomic E-state index is 12.3. The number of amides is 1. The number of nitro benzene ring substituents is 1. The van der Waals surface area contributed by atoms with Gasteiger partial charge in [-0.25, -0.2) is 0 Å². The Balaban J connectivity index is 1.94. The predicted octanol–water partition coefficient (Wildman–Crippen LogP) is 3.01. The van der Waals surface area contributed by atoms with Crippen LogP contribution in [0.1, 0.15) is 39.7 Å². The minimum Gasteiger partial charge on any atom is -0.354 e. The van der Waals surface area contributed by atoms with Crippen LogP contribution >= 0.6 is 0 Å². The topological polar surface area (TPSA) is 75.5 Å². The zero-order chi connectivity index (χ0) is 18.6. The van der Waals surface area contributed by atoms with E-state index in [0.717, 1.165) is 13.1 Å². The van der Waals surface area contributed by atoms with E-state index in [-0.39, 0.29) is 23.6 Å². The van der Waals surface area contributed by atoms with Crippen LogP contribution in [-0.4, -0.2) is 40.9 Å². The van der Waals surface area contributed by atoms with Crippen molar-refractivity contribution in [1.29, 1.82) is 0 Å². The van der Waals surface area contributed by atoms with Gasteiger partial charge in [-0.3, -0.25) is 19.8 Å². The average Bonchev–Trinajstić information content (AvgIpc) is 2.52. The summed E-state index contributed by atoms with van der Waals surface area (Å²) in [5, 5.41) is 14.0. The predicted molar refractivity (Wildman–Crippen MR) is 98.4 cm³/mol. The first-order valence-corrected chi connectivity index (χ1v) is 8.93. The van der Waals surface area contributed by atoms with Crippen LogP contribution < -0.4 is 5.32 Å². The molecule has 2 unspecified atom stereocenters. The van der Waals surface area contributed by atoms with Gasteiger partial charge in [0.25, 0.3) is 5.69 Å². The van der Waals surface area contributed by atoms with Gasteiger partial charge in [0.2, 0.25) is 5.91 Å². The second kappa shape index (κ2) is 7.95.